The molecule has 0 N–H and O–H groups in total. The lowest BCUT2D eigenvalue weighted by atomic mass is 10.1. The lowest BCUT2D eigenvalue weighted by Gasteiger charge is -2.28. The standard InChI is InChI=1S/C11H18N2S/c1-13-8-5-10(6-9-13)14-11-4-2-3-7-12-11/h4,7,10H,2-3,5-6,8-9H2,1H3. The van der Waals surface area contributed by atoms with Crippen molar-refractivity contribution < 1.29 is 0 Å². The number of hydrogen-bond acceptors (Lipinski definition) is 3. The molecule has 14 heavy (non-hydrogen) atoms. The number of likely N-dealkylation sites (tertiary alicyclic amines) is 1. The van der Waals surface area contributed by atoms with Crippen LogP contribution in [0.25, 0.3) is 0 Å². The van der Waals surface area contributed by atoms with Crippen LogP contribution in [-0.4, -0.2) is 36.5 Å². The highest BCUT2D eigenvalue weighted by Crippen LogP contribution is 2.31. The highest BCUT2D eigenvalue weighted by Gasteiger charge is 2.18. The minimum atomic E-state index is 0.799. The molecule has 2 aliphatic heterocycles. The van der Waals surface area contributed by atoms with E-state index in [0.29, 0.717) is 0 Å². The number of piperidine rings is 1. The molecule has 0 bridgehead atoms. The van der Waals surface area contributed by atoms with E-state index in [9.17, 15) is 0 Å². The fraction of sp³-hybridized carbons (Fsp3) is 0.727. The van der Waals surface area contributed by atoms with Crippen molar-refractivity contribution in [2.75, 3.05) is 20.1 Å². The minimum Gasteiger partial charge on any atom is -0.306 e. The predicted octanol–water partition coefficient (Wildman–Crippen LogP) is 2.52. The molecule has 2 aliphatic rings. The van der Waals surface area contributed by atoms with Crippen molar-refractivity contribution in [3.05, 3.63) is 11.1 Å². The van der Waals surface area contributed by atoms with Crippen LogP contribution in [0.15, 0.2) is 16.1 Å². The number of hydrogen-bond donors (Lipinski definition) is 0. The minimum absolute atomic E-state index is 0.799. The topological polar surface area (TPSA) is 15.6 Å². The van der Waals surface area contributed by atoms with Crippen LogP contribution < -0.4 is 0 Å². The molecule has 0 aromatic rings. The maximum atomic E-state index is 4.43. The summed E-state index contributed by atoms with van der Waals surface area (Å²) in [6, 6.07) is 0. The van der Waals surface area contributed by atoms with Crippen LogP contribution in [0.4, 0.5) is 0 Å². The molecule has 0 radical (unpaired) electrons. The van der Waals surface area contributed by atoms with Crippen molar-refractivity contribution in [2.45, 2.75) is 30.9 Å². The van der Waals surface area contributed by atoms with Gasteiger partial charge in [-0.15, -0.1) is 11.8 Å². The molecule has 2 heterocycles. The van der Waals surface area contributed by atoms with E-state index in [4.69, 9.17) is 0 Å². The van der Waals surface area contributed by atoms with Crippen LogP contribution in [0.3, 0.4) is 0 Å². The van der Waals surface area contributed by atoms with E-state index >= 15 is 0 Å². The van der Waals surface area contributed by atoms with Gasteiger partial charge in [-0.25, -0.2) is 0 Å². The zero-order valence-corrected chi connectivity index (χ0v) is 9.59. The highest BCUT2D eigenvalue weighted by molar-refractivity contribution is 8.03. The van der Waals surface area contributed by atoms with Gasteiger partial charge in [-0.3, -0.25) is 4.99 Å². The number of thioether (sulfide) groups is 1. The molecule has 0 spiro atoms. The van der Waals surface area contributed by atoms with E-state index in [-0.39, 0.29) is 0 Å². The Hall–Kier alpha value is -0.280. The molecule has 0 saturated carbocycles. The smallest absolute Gasteiger partial charge is 0.0918 e. The summed E-state index contributed by atoms with van der Waals surface area (Å²) in [7, 11) is 2.21. The van der Waals surface area contributed by atoms with Gasteiger partial charge in [0.2, 0.25) is 0 Å². The van der Waals surface area contributed by atoms with Gasteiger partial charge in [-0.05, 0) is 45.8 Å². The fourth-order valence-corrected chi connectivity index (χ4v) is 2.98. The van der Waals surface area contributed by atoms with Gasteiger partial charge in [0, 0.05) is 11.5 Å². The van der Waals surface area contributed by atoms with Crippen LogP contribution in [0, 0.1) is 0 Å². The van der Waals surface area contributed by atoms with Crippen LogP contribution in [0.2, 0.25) is 0 Å². The number of aliphatic imine (C=N–C) groups is 1. The lowest BCUT2D eigenvalue weighted by Crippen LogP contribution is -2.31. The molecular formula is C11H18N2S. The monoisotopic (exact) mass is 210 g/mol. The predicted molar refractivity (Wildman–Crippen MR) is 63.9 cm³/mol. The van der Waals surface area contributed by atoms with Gasteiger partial charge < -0.3 is 4.90 Å². The summed E-state index contributed by atoms with van der Waals surface area (Å²) >= 11 is 1.98. The molecule has 0 atom stereocenters. The first-order chi connectivity index (χ1) is 6.84. The molecule has 0 unspecified atom stereocenters. The van der Waals surface area contributed by atoms with Gasteiger partial charge in [-0.1, -0.05) is 6.08 Å². The number of nitrogens with zero attached hydrogens (tertiary/aromatic N) is 2. The SMILES string of the molecule is CN1CCC(SC2=CCCC=N2)CC1. The molecule has 78 valence electrons. The molecule has 0 aromatic heterocycles. The van der Waals surface area contributed by atoms with Gasteiger partial charge in [-0.2, -0.15) is 0 Å². The summed E-state index contributed by atoms with van der Waals surface area (Å²) in [5.41, 5.74) is 0. The first-order valence-corrected chi connectivity index (χ1v) is 6.30. The third kappa shape index (κ3) is 2.85. The Labute approximate surface area is 90.5 Å². The zero-order chi connectivity index (χ0) is 9.80. The average molecular weight is 210 g/mol. The average Bonchev–Trinajstić information content (AvgIpc) is 2.23. The van der Waals surface area contributed by atoms with Crippen LogP contribution in [-0.2, 0) is 0 Å². The Bertz CT molecular complexity index is 240. The molecule has 0 aromatic carbocycles. The van der Waals surface area contributed by atoms with E-state index in [0.717, 1.165) is 11.7 Å². The Morgan fingerprint density at radius 3 is 2.79 bits per heavy atom. The summed E-state index contributed by atoms with van der Waals surface area (Å²) in [4.78, 5) is 6.84. The van der Waals surface area contributed by atoms with Crippen molar-refractivity contribution >= 4 is 18.0 Å². The van der Waals surface area contributed by atoms with Crippen LogP contribution >= 0.6 is 11.8 Å². The third-order valence-electron chi connectivity index (χ3n) is 2.79. The van der Waals surface area contributed by atoms with Gasteiger partial charge in [0.1, 0.15) is 0 Å². The van der Waals surface area contributed by atoms with Crippen LogP contribution in [0.1, 0.15) is 25.7 Å². The van der Waals surface area contributed by atoms with E-state index in [2.05, 4.69) is 29.2 Å². The molecule has 1 saturated heterocycles. The normalized spacial score (nSPS) is 25.1. The van der Waals surface area contributed by atoms with Crippen molar-refractivity contribution in [3.63, 3.8) is 0 Å². The van der Waals surface area contributed by atoms with E-state index in [1.807, 2.05) is 11.8 Å². The Kier molecular flexibility index (Phi) is 3.65. The molecule has 1 fully saturated rings. The van der Waals surface area contributed by atoms with Gasteiger partial charge in [0.25, 0.3) is 0 Å². The van der Waals surface area contributed by atoms with Gasteiger partial charge >= 0.3 is 0 Å². The summed E-state index contributed by atoms with van der Waals surface area (Å²) < 4.78 is 0. The first-order valence-electron chi connectivity index (χ1n) is 5.42. The molecule has 3 heteroatoms. The largest absolute Gasteiger partial charge is 0.306 e. The maximum Gasteiger partial charge on any atom is 0.0918 e. The third-order valence-corrected chi connectivity index (χ3v) is 4.10. The Balaban J connectivity index is 1.80. The van der Waals surface area contributed by atoms with Crippen molar-refractivity contribution in [1.29, 1.82) is 0 Å². The molecule has 2 rings (SSSR count). The molecule has 2 nitrogen and oxygen atoms in total. The summed E-state index contributed by atoms with van der Waals surface area (Å²) in [5.74, 6) is 0. The fourth-order valence-electron chi connectivity index (χ4n) is 1.84. The van der Waals surface area contributed by atoms with E-state index < -0.39 is 0 Å². The summed E-state index contributed by atoms with van der Waals surface area (Å²) in [6.07, 6.45) is 9.26. The second-order valence-electron chi connectivity index (χ2n) is 4.05. The van der Waals surface area contributed by atoms with Crippen molar-refractivity contribution in [1.82, 2.24) is 4.90 Å². The maximum absolute atomic E-state index is 4.43. The molecule has 0 amide bonds. The number of allylic oxidation sites excluding steroid dienone is 1. The second kappa shape index (κ2) is 4.99. The molecular weight excluding hydrogens is 192 g/mol. The van der Waals surface area contributed by atoms with Crippen molar-refractivity contribution in [2.24, 2.45) is 4.99 Å². The van der Waals surface area contributed by atoms with E-state index in [1.165, 1.54) is 37.4 Å². The Morgan fingerprint density at radius 1 is 1.36 bits per heavy atom. The first kappa shape index (κ1) is 10.2. The zero-order valence-electron chi connectivity index (χ0n) is 8.78. The summed E-state index contributed by atoms with van der Waals surface area (Å²) in [5, 5.41) is 2.05. The molecule has 0 aliphatic carbocycles. The van der Waals surface area contributed by atoms with Crippen molar-refractivity contribution in [3.8, 4) is 0 Å². The highest BCUT2D eigenvalue weighted by atomic mass is 32.2. The summed E-state index contributed by atoms with van der Waals surface area (Å²) in [6.45, 7) is 2.49. The lowest BCUT2D eigenvalue weighted by molar-refractivity contribution is 0.282. The quantitative estimate of drug-likeness (QED) is 0.696. The van der Waals surface area contributed by atoms with Gasteiger partial charge in [0.05, 0.1) is 5.03 Å². The van der Waals surface area contributed by atoms with Crippen LogP contribution in [0.5, 0.6) is 0 Å². The van der Waals surface area contributed by atoms with Gasteiger partial charge in [0.15, 0.2) is 0 Å². The second-order valence-corrected chi connectivity index (χ2v) is 5.37. The number of rotatable bonds is 2. The Morgan fingerprint density at radius 2 is 2.14 bits per heavy atom. The van der Waals surface area contributed by atoms with E-state index in [1.54, 1.807) is 0 Å².